The van der Waals surface area contributed by atoms with Gasteiger partial charge in [0.05, 0.1) is 0 Å². The van der Waals surface area contributed by atoms with Gasteiger partial charge in [0.25, 0.3) is 5.91 Å². The molecule has 8 nitrogen and oxygen atoms in total. The Hall–Kier alpha value is -2.87. The fourth-order valence-corrected chi connectivity index (χ4v) is 6.74. The summed E-state index contributed by atoms with van der Waals surface area (Å²) in [7, 11) is 0. The van der Waals surface area contributed by atoms with Crippen LogP contribution in [0.15, 0.2) is 18.2 Å². The van der Waals surface area contributed by atoms with Crippen LogP contribution in [0.2, 0.25) is 0 Å². The molecule has 3 fully saturated rings. The molecule has 1 saturated carbocycles. The molecule has 3 heterocycles. The van der Waals surface area contributed by atoms with Crippen molar-refractivity contribution in [1.82, 2.24) is 19.6 Å². The van der Waals surface area contributed by atoms with Crippen LogP contribution < -0.4 is 4.90 Å². The zero-order chi connectivity index (χ0) is 25.1. The predicted molar refractivity (Wildman–Crippen MR) is 137 cm³/mol. The van der Waals surface area contributed by atoms with Crippen molar-refractivity contribution in [3.63, 3.8) is 0 Å². The summed E-state index contributed by atoms with van der Waals surface area (Å²) >= 11 is 0. The molecule has 8 heteroatoms. The van der Waals surface area contributed by atoms with E-state index in [9.17, 15) is 14.7 Å². The predicted octanol–water partition coefficient (Wildman–Crippen LogP) is 2.21. The monoisotopic (exact) mass is 491 g/mol. The van der Waals surface area contributed by atoms with Gasteiger partial charge in [-0.2, -0.15) is 5.10 Å². The van der Waals surface area contributed by atoms with Crippen molar-refractivity contribution < 1.29 is 14.7 Å². The number of aliphatic hydroxyl groups excluding tert-OH is 1. The molecular weight excluding hydrogens is 454 g/mol. The third-order valence-electron chi connectivity index (χ3n) is 9.29. The Morgan fingerprint density at radius 2 is 1.86 bits per heavy atom. The number of hydrogen-bond acceptors (Lipinski definition) is 5. The lowest BCUT2D eigenvalue weighted by Gasteiger charge is -2.37. The van der Waals surface area contributed by atoms with E-state index in [4.69, 9.17) is 5.10 Å². The first-order valence-electron chi connectivity index (χ1n) is 13.5. The Morgan fingerprint density at radius 1 is 1.08 bits per heavy atom. The molecule has 1 N–H and O–H groups in total. The minimum atomic E-state index is -0.0321. The van der Waals surface area contributed by atoms with Gasteiger partial charge in [0.15, 0.2) is 5.69 Å². The fourth-order valence-electron chi connectivity index (χ4n) is 6.74. The van der Waals surface area contributed by atoms with Crippen molar-refractivity contribution >= 4 is 17.5 Å². The summed E-state index contributed by atoms with van der Waals surface area (Å²) in [4.78, 5) is 32.9. The molecule has 2 aliphatic carbocycles. The summed E-state index contributed by atoms with van der Waals surface area (Å²) in [5.41, 5.74) is 6.58. The molecule has 2 aromatic rings. The maximum Gasteiger partial charge on any atom is 0.274 e. The van der Waals surface area contributed by atoms with E-state index in [-0.39, 0.29) is 30.9 Å². The third kappa shape index (κ3) is 3.81. The van der Waals surface area contributed by atoms with Crippen LogP contribution in [-0.4, -0.2) is 82.4 Å². The molecule has 1 aromatic carbocycles. The molecule has 2 aliphatic heterocycles. The van der Waals surface area contributed by atoms with E-state index >= 15 is 0 Å². The van der Waals surface area contributed by atoms with Crippen LogP contribution >= 0.6 is 0 Å². The van der Waals surface area contributed by atoms with Gasteiger partial charge in [-0.25, -0.2) is 0 Å². The summed E-state index contributed by atoms with van der Waals surface area (Å²) in [5.74, 6) is 1.76. The summed E-state index contributed by atoms with van der Waals surface area (Å²) in [5, 5.41) is 14.3. The lowest BCUT2D eigenvalue weighted by molar-refractivity contribution is -0.132. The number of aromatic nitrogens is 2. The topological polar surface area (TPSA) is 81.9 Å². The molecule has 36 heavy (non-hydrogen) atoms. The second-order valence-corrected chi connectivity index (χ2v) is 11.3. The molecular formula is C28H37N5O3. The molecule has 1 aromatic heterocycles. The van der Waals surface area contributed by atoms with Gasteiger partial charge in [0, 0.05) is 68.7 Å². The van der Waals surface area contributed by atoms with Crippen molar-refractivity contribution in [2.45, 2.75) is 46.1 Å². The van der Waals surface area contributed by atoms with E-state index < -0.39 is 0 Å². The van der Waals surface area contributed by atoms with Gasteiger partial charge in [0.2, 0.25) is 5.91 Å². The Morgan fingerprint density at radius 3 is 2.58 bits per heavy atom. The minimum absolute atomic E-state index is 0.0321. The van der Waals surface area contributed by atoms with Crippen LogP contribution in [0.25, 0.3) is 0 Å². The molecule has 0 radical (unpaired) electrons. The summed E-state index contributed by atoms with van der Waals surface area (Å²) in [6, 6.07) is 6.41. The molecule has 0 bridgehead atoms. The van der Waals surface area contributed by atoms with Crippen LogP contribution in [0.3, 0.4) is 0 Å². The molecule has 6 rings (SSSR count). The van der Waals surface area contributed by atoms with Crippen molar-refractivity contribution in [2.75, 3.05) is 50.8 Å². The van der Waals surface area contributed by atoms with E-state index in [0.717, 1.165) is 37.2 Å². The molecule has 3 unspecified atom stereocenters. The van der Waals surface area contributed by atoms with Crippen LogP contribution in [0.5, 0.6) is 0 Å². The van der Waals surface area contributed by atoms with Crippen LogP contribution in [-0.2, 0) is 17.8 Å². The zero-order valence-corrected chi connectivity index (χ0v) is 21.6. The first kappa shape index (κ1) is 23.5. The third-order valence-corrected chi connectivity index (χ3v) is 9.29. The van der Waals surface area contributed by atoms with Gasteiger partial charge < -0.3 is 19.8 Å². The molecule has 2 saturated heterocycles. The number of fused-ring (bicyclic) bond motifs is 3. The van der Waals surface area contributed by atoms with Crippen LogP contribution in [0.1, 0.15) is 52.1 Å². The van der Waals surface area contributed by atoms with Crippen molar-refractivity contribution in [3.8, 4) is 0 Å². The van der Waals surface area contributed by atoms with Gasteiger partial charge in [-0.3, -0.25) is 14.3 Å². The number of carbonyl (C=O) groups is 2. The maximum atomic E-state index is 13.4. The van der Waals surface area contributed by atoms with E-state index in [1.165, 1.54) is 16.8 Å². The number of carbonyl (C=O) groups excluding carboxylic acids is 2. The Balaban J connectivity index is 1.16. The van der Waals surface area contributed by atoms with E-state index in [1.807, 2.05) is 14.5 Å². The number of amides is 2. The number of rotatable bonds is 5. The van der Waals surface area contributed by atoms with Gasteiger partial charge in [-0.1, -0.05) is 19.1 Å². The molecule has 192 valence electrons. The highest BCUT2D eigenvalue weighted by molar-refractivity contribution is 5.95. The number of piperazine rings is 1. The second-order valence-electron chi connectivity index (χ2n) is 11.3. The normalized spacial score (nSPS) is 26.8. The highest BCUT2D eigenvalue weighted by atomic mass is 16.3. The zero-order valence-electron chi connectivity index (χ0n) is 21.6. The second kappa shape index (κ2) is 8.91. The Kier molecular flexibility index (Phi) is 5.82. The lowest BCUT2D eigenvalue weighted by atomic mass is 10.1. The first-order valence-corrected chi connectivity index (χ1v) is 13.5. The quantitative estimate of drug-likeness (QED) is 0.694. The fraction of sp³-hybridized carbons (Fsp3) is 0.607. The van der Waals surface area contributed by atoms with Gasteiger partial charge in [0.1, 0.15) is 6.54 Å². The summed E-state index contributed by atoms with van der Waals surface area (Å²) < 4.78 is 1.83. The standard InChI is InChI=1S/C28H37N5O3/c1-17-5-4-6-22(18(17)2)30-9-11-31(12-10-30)24(35)15-33-23-13-21-19(3)25(21)26(23)27(29-33)28(36)32-8-7-20(14-32)16-34/h4-6,19-21,25,34H,7-16H2,1-3H3/t19?,20-,21?,25?/m0/s1. The molecule has 4 aliphatic rings. The number of nitrogens with zero attached hydrogens (tertiary/aromatic N) is 5. The molecule has 2 amide bonds. The number of aryl methyl sites for hydroxylation is 1. The largest absolute Gasteiger partial charge is 0.396 e. The van der Waals surface area contributed by atoms with Crippen LogP contribution in [0, 0.1) is 31.6 Å². The van der Waals surface area contributed by atoms with Gasteiger partial charge >= 0.3 is 0 Å². The number of hydrogen-bond donors (Lipinski definition) is 1. The average molecular weight is 492 g/mol. The van der Waals surface area contributed by atoms with E-state index in [0.29, 0.717) is 49.6 Å². The first-order chi connectivity index (χ1) is 17.4. The van der Waals surface area contributed by atoms with Crippen molar-refractivity contribution in [2.24, 2.45) is 17.8 Å². The molecule has 0 spiro atoms. The van der Waals surface area contributed by atoms with Crippen LogP contribution in [0.4, 0.5) is 5.69 Å². The van der Waals surface area contributed by atoms with E-state index in [1.54, 1.807) is 0 Å². The van der Waals surface area contributed by atoms with Crippen molar-refractivity contribution in [1.29, 1.82) is 0 Å². The highest BCUT2D eigenvalue weighted by Crippen LogP contribution is 2.62. The van der Waals surface area contributed by atoms with E-state index in [2.05, 4.69) is 43.9 Å². The Labute approximate surface area is 212 Å². The number of benzene rings is 1. The SMILES string of the molecule is Cc1cccc(N2CCN(C(=O)Cn3nc(C(=O)N4CC[C@H](CO)C4)c4c3CC3C(C)C43)CC2)c1C. The number of likely N-dealkylation sites (tertiary alicyclic amines) is 1. The minimum Gasteiger partial charge on any atom is -0.396 e. The Bertz CT molecular complexity index is 1200. The lowest BCUT2D eigenvalue weighted by Crippen LogP contribution is -2.50. The molecule has 4 atom stereocenters. The smallest absolute Gasteiger partial charge is 0.274 e. The summed E-state index contributed by atoms with van der Waals surface area (Å²) in [6.45, 7) is 11.1. The van der Waals surface area contributed by atoms with Gasteiger partial charge in [-0.05, 0) is 61.6 Å². The average Bonchev–Trinajstić information content (AvgIpc) is 3.32. The number of aliphatic hydroxyl groups is 1. The summed E-state index contributed by atoms with van der Waals surface area (Å²) in [6.07, 6.45) is 1.74. The highest BCUT2D eigenvalue weighted by Gasteiger charge is 2.56. The van der Waals surface area contributed by atoms with Crippen molar-refractivity contribution in [3.05, 3.63) is 46.3 Å². The van der Waals surface area contributed by atoms with Gasteiger partial charge in [-0.15, -0.1) is 0 Å². The number of anilines is 1. The maximum absolute atomic E-state index is 13.4.